The maximum atomic E-state index is 5.97. The Morgan fingerprint density at radius 2 is 2.09 bits per heavy atom. The fraction of sp³-hybridized carbons (Fsp3) is 0.400. The van der Waals surface area contributed by atoms with Crippen molar-refractivity contribution in [1.29, 1.82) is 0 Å². The van der Waals surface area contributed by atoms with Crippen molar-refractivity contribution in [3.05, 3.63) is 35.4 Å². The standard InChI is InChI=1S/C10H15Cl/c1-4-7-9(6-3)10(11)8-5-2/h4,7-8H,1,5-6H2,2-3H3/b9-7-,10-8+. The number of allylic oxidation sites excluding steroid dienone is 5. The van der Waals surface area contributed by atoms with E-state index in [1.54, 1.807) is 6.08 Å². The minimum absolute atomic E-state index is 0.856. The third-order valence-electron chi connectivity index (χ3n) is 1.39. The van der Waals surface area contributed by atoms with Crippen molar-refractivity contribution in [2.75, 3.05) is 0 Å². The molecule has 0 bridgehead atoms. The molecular weight excluding hydrogens is 156 g/mol. The molecule has 0 nitrogen and oxygen atoms in total. The average Bonchev–Trinajstić information content (AvgIpc) is 2.00. The summed E-state index contributed by atoms with van der Waals surface area (Å²) in [5, 5.41) is 0.856. The van der Waals surface area contributed by atoms with Crippen molar-refractivity contribution < 1.29 is 0 Å². The maximum Gasteiger partial charge on any atom is 0.0397 e. The lowest BCUT2D eigenvalue weighted by molar-refractivity contribution is 1.12. The third kappa shape index (κ3) is 4.05. The Hall–Kier alpha value is -0.490. The summed E-state index contributed by atoms with van der Waals surface area (Å²) in [5.74, 6) is 0. The molecule has 0 amide bonds. The van der Waals surface area contributed by atoms with Gasteiger partial charge in [-0.3, -0.25) is 0 Å². The van der Waals surface area contributed by atoms with Crippen LogP contribution in [0.15, 0.2) is 35.4 Å². The summed E-state index contributed by atoms with van der Waals surface area (Å²) in [6.45, 7) is 7.79. The summed E-state index contributed by atoms with van der Waals surface area (Å²) < 4.78 is 0. The molecule has 0 saturated carbocycles. The molecule has 0 aliphatic carbocycles. The first-order valence-corrected chi connectivity index (χ1v) is 4.31. The van der Waals surface area contributed by atoms with Crippen molar-refractivity contribution in [2.45, 2.75) is 26.7 Å². The van der Waals surface area contributed by atoms with Gasteiger partial charge in [0.05, 0.1) is 0 Å². The molecule has 0 radical (unpaired) electrons. The van der Waals surface area contributed by atoms with Crippen LogP contribution in [0.1, 0.15) is 26.7 Å². The zero-order chi connectivity index (χ0) is 8.69. The zero-order valence-electron chi connectivity index (χ0n) is 7.23. The summed E-state index contributed by atoms with van der Waals surface area (Å²) in [4.78, 5) is 0. The first kappa shape index (κ1) is 10.5. The van der Waals surface area contributed by atoms with E-state index in [1.165, 1.54) is 0 Å². The highest BCUT2D eigenvalue weighted by Gasteiger charge is 1.95. The Kier molecular flexibility index (Phi) is 5.96. The second-order valence-electron chi connectivity index (χ2n) is 2.24. The molecule has 62 valence electrons. The third-order valence-corrected chi connectivity index (χ3v) is 1.79. The van der Waals surface area contributed by atoms with Gasteiger partial charge in [0, 0.05) is 5.03 Å². The van der Waals surface area contributed by atoms with E-state index in [9.17, 15) is 0 Å². The minimum atomic E-state index is 0.856. The van der Waals surface area contributed by atoms with E-state index in [0.717, 1.165) is 23.4 Å². The first-order chi connectivity index (χ1) is 5.26. The van der Waals surface area contributed by atoms with Crippen molar-refractivity contribution in [1.82, 2.24) is 0 Å². The van der Waals surface area contributed by atoms with E-state index in [1.807, 2.05) is 12.2 Å². The number of halogens is 1. The molecule has 0 unspecified atom stereocenters. The van der Waals surface area contributed by atoms with Gasteiger partial charge in [-0.1, -0.05) is 50.3 Å². The van der Waals surface area contributed by atoms with Gasteiger partial charge in [-0.05, 0) is 18.4 Å². The van der Waals surface area contributed by atoms with E-state index in [4.69, 9.17) is 11.6 Å². The molecule has 0 aromatic rings. The molecule has 0 aromatic carbocycles. The summed E-state index contributed by atoms with van der Waals surface area (Å²) >= 11 is 5.97. The molecule has 0 aliphatic rings. The van der Waals surface area contributed by atoms with E-state index in [-0.39, 0.29) is 0 Å². The molecule has 0 atom stereocenters. The van der Waals surface area contributed by atoms with Crippen LogP contribution in [0.2, 0.25) is 0 Å². The molecule has 0 aromatic heterocycles. The van der Waals surface area contributed by atoms with Gasteiger partial charge in [0.2, 0.25) is 0 Å². The van der Waals surface area contributed by atoms with Crippen LogP contribution in [0.4, 0.5) is 0 Å². The van der Waals surface area contributed by atoms with Gasteiger partial charge >= 0.3 is 0 Å². The van der Waals surface area contributed by atoms with Crippen LogP contribution in [0.5, 0.6) is 0 Å². The highest BCUT2D eigenvalue weighted by Crippen LogP contribution is 2.18. The highest BCUT2D eigenvalue weighted by molar-refractivity contribution is 6.31. The summed E-state index contributed by atoms with van der Waals surface area (Å²) in [6, 6.07) is 0. The Labute approximate surface area is 74.3 Å². The highest BCUT2D eigenvalue weighted by atomic mass is 35.5. The summed E-state index contributed by atoms with van der Waals surface area (Å²) in [5.41, 5.74) is 1.16. The van der Waals surface area contributed by atoms with Crippen LogP contribution in [-0.4, -0.2) is 0 Å². The van der Waals surface area contributed by atoms with Crippen molar-refractivity contribution in [3.63, 3.8) is 0 Å². The fourth-order valence-corrected chi connectivity index (χ4v) is 1.17. The molecular formula is C10H15Cl. The summed E-state index contributed by atoms with van der Waals surface area (Å²) in [6.07, 6.45) is 7.67. The Morgan fingerprint density at radius 3 is 2.45 bits per heavy atom. The lowest BCUT2D eigenvalue weighted by Gasteiger charge is -1.99. The fourth-order valence-electron chi connectivity index (χ4n) is 0.819. The molecule has 0 heterocycles. The van der Waals surface area contributed by atoms with Crippen molar-refractivity contribution in [2.24, 2.45) is 0 Å². The number of hydrogen-bond donors (Lipinski definition) is 0. The monoisotopic (exact) mass is 170 g/mol. The predicted octanol–water partition coefficient (Wildman–Crippen LogP) is 4.04. The topological polar surface area (TPSA) is 0 Å². The molecule has 11 heavy (non-hydrogen) atoms. The van der Waals surface area contributed by atoms with Gasteiger partial charge in [0.15, 0.2) is 0 Å². The molecule has 0 rings (SSSR count). The maximum absolute atomic E-state index is 5.97. The van der Waals surface area contributed by atoms with Crippen LogP contribution in [-0.2, 0) is 0 Å². The van der Waals surface area contributed by atoms with Gasteiger partial charge in [-0.15, -0.1) is 0 Å². The molecule has 0 fully saturated rings. The Balaban J connectivity index is 4.37. The SMILES string of the molecule is C=C/C=C(CC)\C(Cl)=C/CC. The van der Waals surface area contributed by atoms with E-state index < -0.39 is 0 Å². The number of hydrogen-bond acceptors (Lipinski definition) is 0. The van der Waals surface area contributed by atoms with E-state index in [0.29, 0.717) is 0 Å². The van der Waals surface area contributed by atoms with Gasteiger partial charge in [0.1, 0.15) is 0 Å². The lowest BCUT2D eigenvalue weighted by Crippen LogP contribution is -1.79. The van der Waals surface area contributed by atoms with Crippen LogP contribution in [0, 0.1) is 0 Å². The number of rotatable bonds is 4. The van der Waals surface area contributed by atoms with Crippen molar-refractivity contribution >= 4 is 11.6 Å². The molecule has 0 saturated heterocycles. The molecule has 0 spiro atoms. The second kappa shape index (κ2) is 6.23. The van der Waals surface area contributed by atoms with E-state index >= 15 is 0 Å². The zero-order valence-corrected chi connectivity index (χ0v) is 7.99. The normalized spacial score (nSPS) is 13.4. The molecule has 0 aliphatic heterocycles. The van der Waals surface area contributed by atoms with Crippen molar-refractivity contribution in [3.8, 4) is 0 Å². The quantitative estimate of drug-likeness (QED) is 0.559. The van der Waals surface area contributed by atoms with Gasteiger partial charge in [0.25, 0.3) is 0 Å². The van der Waals surface area contributed by atoms with Crippen LogP contribution < -0.4 is 0 Å². The van der Waals surface area contributed by atoms with Crippen LogP contribution in [0.25, 0.3) is 0 Å². The van der Waals surface area contributed by atoms with Gasteiger partial charge in [-0.25, -0.2) is 0 Å². The second-order valence-corrected chi connectivity index (χ2v) is 2.65. The Morgan fingerprint density at radius 1 is 1.45 bits per heavy atom. The van der Waals surface area contributed by atoms with Gasteiger partial charge < -0.3 is 0 Å². The van der Waals surface area contributed by atoms with Crippen LogP contribution in [0.3, 0.4) is 0 Å². The minimum Gasteiger partial charge on any atom is -0.0991 e. The lowest BCUT2D eigenvalue weighted by atomic mass is 10.1. The smallest absolute Gasteiger partial charge is 0.0397 e. The average molecular weight is 171 g/mol. The Bertz CT molecular complexity index is 175. The van der Waals surface area contributed by atoms with Crippen LogP contribution >= 0.6 is 11.6 Å². The molecule has 1 heteroatoms. The first-order valence-electron chi connectivity index (χ1n) is 3.93. The molecule has 0 N–H and O–H groups in total. The van der Waals surface area contributed by atoms with Gasteiger partial charge in [-0.2, -0.15) is 0 Å². The predicted molar refractivity (Wildman–Crippen MR) is 52.8 cm³/mol. The summed E-state index contributed by atoms with van der Waals surface area (Å²) in [7, 11) is 0. The van der Waals surface area contributed by atoms with E-state index in [2.05, 4.69) is 20.4 Å². The largest absolute Gasteiger partial charge is 0.0991 e.